The van der Waals surface area contributed by atoms with Gasteiger partial charge in [0, 0.05) is 18.3 Å². The fraction of sp³-hybridized carbons (Fsp3) is 0.500. The molecule has 0 radical (unpaired) electrons. The number of hydrogen-bond donors (Lipinski definition) is 1. The lowest BCUT2D eigenvalue weighted by molar-refractivity contribution is -0.275. The SMILES string of the molecule is CCOC(=O)Cc1cnc(OC)c(OC(F)(F)F)c1CN. The van der Waals surface area contributed by atoms with Crippen molar-refractivity contribution in [3.05, 3.63) is 17.3 Å². The van der Waals surface area contributed by atoms with Crippen molar-refractivity contribution in [2.45, 2.75) is 26.3 Å². The van der Waals surface area contributed by atoms with Crippen LogP contribution in [0, 0.1) is 0 Å². The summed E-state index contributed by atoms with van der Waals surface area (Å²) in [5, 5.41) is 0. The van der Waals surface area contributed by atoms with Crippen LogP contribution in [0.1, 0.15) is 18.1 Å². The third kappa shape index (κ3) is 4.78. The van der Waals surface area contributed by atoms with Gasteiger partial charge >= 0.3 is 12.3 Å². The van der Waals surface area contributed by atoms with Crippen molar-refractivity contribution in [2.75, 3.05) is 13.7 Å². The van der Waals surface area contributed by atoms with E-state index in [2.05, 4.69) is 9.72 Å². The number of aromatic nitrogens is 1. The molecule has 0 fully saturated rings. The number of nitrogens with two attached hydrogens (primary N) is 1. The lowest BCUT2D eigenvalue weighted by Gasteiger charge is -2.17. The highest BCUT2D eigenvalue weighted by atomic mass is 19.4. The number of alkyl halides is 3. The van der Waals surface area contributed by atoms with Crippen LogP contribution < -0.4 is 15.2 Å². The van der Waals surface area contributed by atoms with Gasteiger partial charge in [-0.15, -0.1) is 13.2 Å². The maximum Gasteiger partial charge on any atom is 0.573 e. The van der Waals surface area contributed by atoms with Crippen LogP contribution in [-0.4, -0.2) is 31.0 Å². The zero-order chi connectivity index (χ0) is 16.0. The Bertz CT molecular complexity index is 506. The predicted molar refractivity (Wildman–Crippen MR) is 65.7 cm³/mol. The van der Waals surface area contributed by atoms with Gasteiger partial charge in [-0.3, -0.25) is 4.79 Å². The predicted octanol–water partition coefficient (Wildman–Crippen LogP) is 1.55. The number of hydrogen-bond acceptors (Lipinski definition) is 6. The fourth-order valence-electron chi connectivity index (χ4n) is 1.66. The van der Waals surface area contributed by atoms with Crippen molar-refractivity contribution in [1.82, 2.24) is 4.98 Å². The van der Waals surface area contributed by atoms with Gasteiger partial charge in [0.1, 0.15) is 0 Å². The molecular weight excluding hydrogens is 293 g/mol. The maximum absolute atomic E-state index is 12.5. The smallest absolute Gasteiger partial charge is 0.478 e. The molecule has 0 spiro atoms. The van der Waals surface area contributed by atoms with Gasteiger partial charge in [0.2, 0.25) is 0 Å². The molecule has 21 heavy (non-hydrogen) atoms. The molecule has 0 bridgehead atoms. The second kappa shape index (κ2) is 7.11. The molecule has 0 unspecified atom stereocenters. The Balaban J connectivity index is 3.22. The second-order valence-corrected chi connectivity index (χ2v) is 3.83. The quantitative estimate of drug-likeness (QED) is 0.803. The number of pyridine rings is 1. The normalized spacial score (nSPS) is 11.1. The van der Waals surface area contributed by atoms with Crippen LogP contribution in [0.25, 0.3) is 0 Å². The summed E-state index contributed by atoms with van der Waals surface area (Å²) in [6.07, 6.45) is -3.98. The molecule has 6 nitrogen and oxygen atoms in total. The molecule has 0 aliphatic carbocycles. The first-order valence-corrected chi connectivity index (χ1v) is 5.98. The molecule has 118 valence electrons. The minimum absolute atomic E-state index is 0.00720. The van der Waals surface area contributed by atoms with Crippen molar-refractivity contribution in [1.29, 1.82) is 0 Å². The molecule has 0 aromatic carbocycles. The Kier molecular flexibility index (Phi) is 5.77. The van der Waals surface area contributed by atoms with Gasteiger partial charge in [-0.05, 0) is 12.5 Å². The molecule has 9 heteroatoms. The van der Waals surface area contributed by atoms with Gasteiger partial charge < -0.3 is 19.9 Å². The van der Waals surface area contributed by atoms with E-state index in [1.807, 2.05) is 0 Å². The number of esters is 1. The van der Waals surface area contributed by atoms with Gasteiger partial charge in [0.05, 0.1) is 20.1 Å². The van der Waals surface area contributed by atoms with Crippen molar-refractivity contribution in [2.24, 2.45) is 5.73 Å². The van der Waals surface area contributed by atoms with E-state index in [4.69, 9.17) is 15.2 Å². The van der Waals surface area contributed by atoms with E-state index in [9.17, 15) is 18.0 Å². The van der Waals surface area contributed by atoms with Gasteiger partial charge in [-0.1, -0.05) is 0 Å². The first-order chi connectivity index (χ1) is 9.82. The lowest BCUT2D eigenvalue weighted by Crippen LogP contribution is -2.21. The van der Waals surface area contributed by atoms with Crippen LogP contribution in [0.15, 0.2) is 6.20 Å². The molecule has 0 amide bonds. The monoisotopic (exact) mass is 308 g/mol. The summed E-state index contributed by atoms with van der Waals surface area (Å²) in [6, 6.07) is 0. The molecule has 0 saturated carbocycles. The summed E-state index contributed by atoms with van der Waals surface area (Å²) < 4.78 is 50.7. The minimum atomic E-state index is -4.93. The zero-order valence-corrected chi connectivity index (χ0v) is 11.5. The van der Waals surface area contributed by atoms with E-state index < -0.39 is 18.1 Å². The third-order valence-electron chi connectivity index (χ3n) is 2.45. The van der Waals surface area contributed by atoms with Crippen molar-refractivity contribution < 1.29 is 32.2 Å². The van der Waals surface area contributed by atoms with E-state index in [-0.39, 0.29) is 36.6 Å². The van der Waals surface area contributed by atoms with Crippen molar-refractivity contribution in [3.8, 4) is 11.6 Å². The van der Waals surface area contributed by atoms with E-state index in [0.717, 1.165) is 7.11 Å². The van der Waals surface area contributed by atoms with Gasteiger partial charge in [0.15, 0.2) is 5.75 Å². The van der Waals surface area contributed by atoms with Gasteiger partial charge in [-0.2, -0.15) is 0 Å². The van der Waals surface area contributed by atoms with E-state index in [1.165, 1.54) is 6.20 Å². The van der Waals surface area contributed by atoms with Crippen LogP contribution >= 0.6 is 0 Å². The second-order valence-electron chi connectivity index (χ2n) is 3.83. The molecule has 1 heterocycles. The summed E-state index contributed by atoms with van der Waals surface area (Å²) in [7, 11) is 1.15. The van der Waals surface area contributed by atoms with Crippen molar-refractivity contribution in [3.63, 3.8) is 0 Å². The van der Waals surface area contributed by atoms with E-state index in [1.54, 1.807) is 6.92 Å². The van der Waals surface area contributed by atoms with Crippen LogP contribution in [0.4, 0.5) is 13.2 Å². The lowest BCUT2D eigenvalue weighted by atomic mass is 10.1. The van der Waals surface area contributed by atoms with Crippen LogP contribution in [-0.2, 0) is 22.5 Å². The van der Waals surface area contributed by atoms with Crippen LogP contribution in [0.2, 0.25) is 0 Å². The molecule has 0 saturated heterocycles. The number of rotatable bonds is 6. The number of halogens is 3. The van der Waals surface area contributed by atoms with E-state index in [0.29, 0.717) is 0 Å². The standard InChI is InChI=1S/C12H15F3N2O4/c1-3-20-9(18)4-7-6-17-11(19-2)10(8(7)5-16)21-12(13,14)15/h6H,3-5,16H2,1-2H3. The molecule has 0 aliphatic heterocycles. The molecule has 1 aromatic rings. The summed E-state index contributed by atoms with van der Waals surface area (Å²) in [4.78, 5) is 15.1. The largest absolute Gasteiger partial charge is 0.573 e. The topological polar surface area (TPSA) is 83.7 Å². The third-order valence-corrected chi connectivity index (χ3v) is 2.45. The minimum Gasteiger partial charge on any atom is -0.478 e. The van der Waals surface area contributed by atoms with Gasteiger partial charge in [-0.25, -0.2) is 4.98 Å². The van der Waals surface area contributed by atoms with E-state index >= 15 is 0 Å². The summed E-state index contributed by atoms with van der Waals surface area (Å²) in [6.45, 7) is 1.50. The summed E-state index contributed by atoms with van der Waals surface area (Å²) in [5.74, 6) is -1.60. The Morgan fingerprint density at radius 3 is 2.57 bits per heavy atom. The average molecular weight is 308 g/mol. The maximum atomic E-state index is 12.5. The highest BCUT2D eigenvalue weighted by molar-refractivity contribution is 5.73. The molecular formula is C12H15F3N2O4. The zero-order valence-electron chi connectivity index (χ0n) is 11.5. The number of methoxy groups -OCH3 is 1. The number of nitrogens with zero attached hydrogens (tertiary/aromatic N) is 1. The first-order valence-electron chi connectivity index (χ1n) is 5.98. The van der Waals surface area contributed by atoms with Crippen molar-refractivity contribution >= 4 is 5.97 Å². The molecule has 0 atom stereocenters. The number of ether oxygens (including phenoxy) is 3. The molecule has 1 rings (SSSR count). The van der Waals surface area contributed by atoms with Crippen LogP contribution in [0.5, 0.6) is 11.6 Å². The average Bonchev–Trinajstić information content (AvgIpc) is 2.37. The molecule has 1 aromatic heterocycles. The first kappa shape index (κ1) is 17.0. The van der Waals surface area contributed by atoms with Crippen LogP contribution in [0.3, 0.4) is 0 Å². The Morgan fingerprint density at radius 2 is 2.10 bits per heavy atom. The highest BCUT2D eigenvalue weighted by Crippen LogP contribution is 2.35. The highest BCUT2D eigenvalue weighted by Gasteiger charge is 2.34. The number of carbonyl (C=O) groups is 1. The Labute approximate surface area is 119 Å². The Hall–Kier alpha value is -2.03. The summed E-state index contributed by atoms with van der Waals surface area (Å²) in [5.41, 5.74) is 5.64. The Morgan fingerprint density at radius 1 is 1.43 bits per heavy atom. The summed E-state index contributed by atoms with van der Waals surface area (Å²) >= 11 is 0. The fourth-order valence-corrected chi connectivity index (χ4v) is 1.66. The molecule has 0 aliphatic rings. The number of carbonyl (C=O) groups excluding carboxylic acids is 1. The van der Waals surface area contributed by atoms with Gasteiger partial charge in [0.25, 0.3) is 5.88 Å². The molecule has 2 N–H and O–H groups in total.